The summed E-state index contributed by atoms with van der Waals surface area (Å²) in [6, 6.07) is 20.5. The molecular weight excluding hydrogens is 418 g/mol. The van der Waals surface area contributed by atoms with Crippen molar-refractivity contribution in [3.05, 3.63) is 87.4 Å². The Morgan fingerprint density at radius 2 is 1.68 bits per heavy atom. The summed E-state index contributed by atoms with van der Waals surface area (Å²) < 4.78 is 17.9. The van der Waals surface area contributed by atoms with Gasteiger partial charge in [0.25, 0.3) is 0 Å². The molecule has 0 unspecified atom stereocenters. The molecule has 0 amide bonds. The summed E-state index contributed by atoms with van der Waals surface area (Å²) in [6.07, 6.45) is 0. The second-order valence-corrected chi connectivity index (χ2v) is 7.73. The van der Waals surface area contributed by atoms with Gasteiger partial charge in [0.05, 0.1) is 0 Å². The van der Waals surface area contributed by atoms with Crippen molar-refractivity contribution in [3.8, 4) is 17.2 Å². The zero-order valence-electron chi connectivity index (χ0n) is 15.7. The molecule has 0 bridgehead atoms. The van der Waals surface area contributed by atoms with Crippen molar-refractivity contribution in [1.82, 2.24) is 5.32 Å². The highest BCUT2D eigenvalue weighted by Gasteiger charge is 2.13. The van der Waals surface area contributed by atoms with Crippen LogP contribution in [0.3, 0.4) is 0 Å². The SMILES string of the molecule is Cc1ccc(COc2ccc(Br)cc2CNCc2ccc3c(c2)OCO3)cc1. The largest absolute Gasteiger partial charge is 0.489 e. The molecule has 4 nitrogen and oxygen atoms in total. The Morgan fingerprint density at radius 1 is 0.893 bits per heavy atom. The molecule has 0 spiro atoms. The number of nitrogens with one attached hydrogen (secondary N) is 1. The summed E-state index contributed by atoms with van der Waals surface area (Å²) in [5, 5.41) is 3.49. The molecule has 0 saturated heterocycles. The predicted molar refractivity (Wildman–Crippen MR) is 113 cm³/mol. The Balaban J connectivity index is 1.38. The minimum Gasteiger partial charge on any atom is -0.489 e. The third-order valence-electron chi connectivity index (χ3n) is 4.62. The number of hydrogen-bond acceptors (Lipinski definition) is 4. The van der Waals surface area contributed by atoms with E-state index in [9.17, 15) is 0 Å². The summed E-state index contributed by atoms with van der Waals surface area (Å²) in [5.74, 6) is 2.51. The first kappa shape index (κ1) is 18.8. The topological polar surface area (TPSA) is 39.7 Å². The molecule has 0 radical (unpaired) electrons. The smallest absolute Gasteiger partial charge is 0.231 e. The molecule has 1 aliphatic rings. The lowest BCUT2D eigenvalue weighted by atomic mass is 10.1. The van der Waals surface area contributed by atoms with Crippen LogP contribution >= 0.6 is 15.9 Å². The molecule has 0 aliphatic carbocycles. The van der Waals surface area contributed by atoms with Gasteiger partial charge in [0, 0.05) is 23.1 Å². The minimum atomic E-state index is 0.298. The molecule has 0 saturated carbocycles. The third kappa shape index (κ3) is 4.66. The lowest BCUT2D eigenvalue weighted by Crippen LogP contribution is -2.13. The molecule has 1 N–H and O–H groups in total. The number of ether oxygens (including phenoxy) is 3. The maximum absolute atomic E-state index is 6.08. The van der Waals surface area contributed by atoms with E-state index in [-0.39, 0.29) is 0 Å². The van der Waals surface area contributed by atoms with Gasteiger partial charge in [-0.3, -0.25) is 0 Å². The van der Waals surface area contributed by atoms with Crippen molar-refractivity contribution in [2.75, 3.05) is 6.79 Å². The van der Waals surface area contributed by atoms with Crippen molar-refractivity contribution >= 4 is 15.9 Å². The molecule has 28 heavy (non-hydrogen) atoms. The minimum absolute atomic E-state index is 0.298. The molecular formula is C23H22BrNO3. The molecule has 144 valence electrons. The maximum atomic E-state index is 6.08. The standard InChI is InChI=1S/C23H22BrNO3/c1-16-2-4-17(5-3-16)14-26-21-9-7-20(24)11-19(21)13-25-12-18-6-8-22-23(10-18)28-15-27-22/h2-11,25H,12-15H2,1H3. The molecule has 3 aromatic carbocycles. The van der Waals surface area contributed by atoms with E-state index < -0.39 is 0 Å². The van der Waals surface area contributed by atoms with Gasteiger partial charge >= 0.3 is 0 Å². The highest BCUT2D eigenvalue weighted by molar-refractivity contribution is 9.10. The molecule has 1 heterocycles. The fourth-order valence-corrected chi connectivity index (χ4v) is 3.47. The monoisotopic (exact) mass is 439 g/mol. The normalized spacial score (nSPS) is 12.2. The lowest BCUT2D eigenvalue weighted by molar-refractivity contribution is 0.174. The number of halogens is 1. The first-order chi connectivity index (χ1) is 13.7. The fraction of sp³-hybridized carbons (Fsp3) is 0.217. The van der Waals surface area contributed by atoms with Crippen LogP contribution in [0.15, 0.2) is 65.1 Å². The van der Waals surface area contributed by atoms with Gasteiger partial charge in [0.2, 0.25) is 6.79 Å². The van der Waals surface area contributed by atoms with Crippen molar-refractivity contribution in [1.29, 1.82) is 0 Å². The van der Waals surface area contributed by atoms with Gasteiger partial charge in [0.1, 0.15) is 12.4 Å². The van der Waals surface area contributed by atoms with Gasteiger partial charge < -0.3 is 19.5 Å². The van der Waals surface area contributed by atoms with Gasteiger partial charge in [0.15, 0.2) is 11.5 Å². The Labute approximate surface area is 173 Å². The highest BCUT2D eigenvalue weighted by Crippen LogP contribution is 2.32. The van der Waals surface area contributed by atoms with Crippen LogP contribution in [0.2, 0.25) is 0 Å². The first-order valence-electron chi connectivity index (χ1n) is 9.23. The average Bonchev–Trinajstić information content (AvgIpc) is 3.16. The van der Waals surface area contributed by atoms with Gasteiger partial charge in [-0.15, -0.1) is 0 Å². The Hall–Kier alpha value is -2.50. The Bertz CT molecular complexity index is 957. The van der Waals surface area contributed by atoms with Crippen LogP contribution in [0, 0.1) is 6.92 Å². The quantitative estimate of drug-likeness (QED) is 0.538. The van der Waals surface area contributed by atoms with E-state index in [1.807, 2.05) is 24.3 Å². The third-order valence-corrected chi connectivity index (χ3v) is 5.11. The van der Waals surface area contributed by atoms with Crippen LogP contribution in [0.5, 0.6) is 17.2 Å². The van der Waals surface area contributed by atoms with Crippen LogP contribution in [0.1, 0.15) is 22.3 Å². The van der Waals surface area contributed by atoms with E-state index in [1.54, 1.807) is 0 Å². The molecule has 3 aromatic rings. The second kappa shape index (κ2) is 8.67. The van der Waals surface area contributed by atoms with Crippen molar-refractivity contribution in [2.24, 2.45) is 0 Å². The number of fused-ring (bicyclic) bond motifs is 1. The zero-order chi connectivity index (χ0) is 19.3. The van der Waals surface area contributed by atoms with Gasteiger partial charge in [-0.1, -0.05) is 51.8 Å². The van der Waals surface area contributed by atoms with Gasteiger partial charge in [-0.2, -0.15) is 0 Å². The van der Waals surface area contributed by atoms with Crippen LogP contribution in [0.25, 0.3) is 0 Å². The van der Waals surface area contributed by atoms with E-state index in [0.717, 1.165) is 45.0 Å². The Morgan fingerprint density at radius 3 is 2.54 bits per heavy atom. The summed E-state index contributed by atoms with van der Waals surface area (Å²) in [6.45, 7) is 4.38. The molecule has 1 aliphatic heterocycles. The van der Waals surface area contributed by atoms with E-state index in [2.05, 4.69) is 64.6 Å². The van der Waals surface area contributed by atoms with Crippen LogP contribution in [-0.4, -0.2) is 6.79 Å². The number of aryl methyl sites for hydroxylation is 1. The van der Waals surface area contributed by atoms with E-state index in [0.29, 0.717) is 19.9 Å². The van der Waals surface area contributed by atoms with E-state index in [1.165, 1.54) is 5.56 Å². The zero-order valence-corrected chi connectivity index (χ0v) is 17.3. The van der Waals surface area contributed by atoms with Crippen molar-refractivity contribution in [2.45, 2.75) is 26.6 Å². The van der Waals surface area contributed by atoms with Gasteiger partial charge in [-0.25, -0.2) is 0 Å². The molecule has 0 atom stereocenters. The molecule has 0 fully saturated rings. The van der Waals surface area contributed by atoms with E-state index in [4.69, 9.17) is 14.2 Å². The summed E-state index contributed by atoms with van der Waals surface area (Å²) in [4.78, 5) is 0. The summed E-state index contributed by atoms with van der Waals surface area (Å²) >= 11 is 3.56. The maximum Gasteiger partial charge on any atom is 0.231 e. The highest BCUT2D eigenvalue weighted by atomic mass is 79.9. The average molecular weight is 440 g/mol. The Kier molecular flexibility index (Phi) is 5.84. The first-order valence-corrected chi connectivity index (χ1v) is 10.0. The van der Waals surface area contributed by atoms with Crippen molar-refractivity contribution in [3.63, 3.8) is 0 Å². The van der Waals surface area contributed by atoms with Crippen LogP contribution < -0.4 is 19.5 Å². The predicted octanol–water partition coefficient (Wildman–Crippen LogP) is 5.36. The lowest BCUT2D eigenvalue weighted by Gasteiger charge is -2.13. The number of hydrogen-bond donors (Lipinski definition) is 1. The van der Waals surface area contributed by atoms with Crippen molar-refractivity contribution < 1.29 is 14.2 Å². The van der Waals surface area contributed by atoms with Crippen LogP contribution in [-0.2, 0) is 19.7 Å². The summed E-state index contributed by atoms with van der Waals surface area (Å²) in [5.41, 5.74) is 4.68. The van der Waals surface area contributed by atoms with E-state index >= 15 is 0 Å². The molecule has 4 rings (SSSR count). The van der Waals surface area contributed by atoms with Crippen LogP contribution in [0.4, 0.5) is 0 Å². The molecule has 0 aromatic heterocycles. The molecule has 5 heteroatoms. The second-order valence-electron chi connectivity index (χ2n) is 6.82. The van der Waals surface area contributed by atoms with Gasteiger partial charge in [-0.05, 0) is 48.4 Å². The number of benzene rings is 3. The fourth-order valence-electron chi connectivity index (χ4n) is 3.06. The number of rotatable bonds is 7. The summed E-state index contributed by atoms with van der Waals surface area (Å²) in [7, 11) is 0.